The molecule has 6 nitrogen and oxygen atoms in total. The Bertz CT molecular complexity index is 717. The van der Waals surface area contributed by atoms with Crippen molar-refractivity contribution >= 4 is 5.69 Å². The van der Waals surface area contributed by atoms with Crippen molar-refractivity contribution in [3.8, 4) is 5.82 Å². The molecule has 0 aliphatic rings. The van der Waals surface area contributed by atoms with Crippen molar-refractivity contribution in [3.63, 3.8) is 0 Å². The fraction of sp³-hybridized carbons (Fsp3) is 0.308. The van der Waals surface area contributed by atoms with Crippen molar-refractivity contribution in [2.75, 3.05) is 19.0 Å². The lowest BCUT2D eigenvalue weighted by molar-refractivity contribution is -0.601. The molecule has 0 fully saturated rings. The normalized spacial score (nSPS) is 10.0. The molecule has 0 unspecified atom stereocenters. The monoisotopic (exact) mass is 296 g/mol. The van der Waals surface area contributed by atoms with Crippen LogP contribution in [0.15, 0.2) is 40.2 Å². The summed E-state index contributed by atoms with van der Waals surface area (Å²) >= 11 is 0. The van der Waals surface area contributed by atoms with Gasteiger partial charge in [0.2, 0.25) is 0 Å². The number of halogens is 1. The first-order valence-corrected chi connectivity index (χ1v) is 5.88. The zero-order chi connectivity index (χ0) is 14.2. The Labute approximate surface area is 122 Å². The first-order chi connectivity index (χ1) is 8.91. The van der Waals surface area contributed by atoms with Crippen LogP contribution >= 0.6 is 0 Å². The van der Waals surface area contributed by atoms with E-state index in [0.717, 1.165) is 10.3 Å². The number of hydrogen-bond donors (Lipinski definition) is 0. The lowest BCUT2D eigenvalue weighted by Crippen LogP contribution is -3.00. The molecule has 0 saturated carbocycles. The molecule has 108 valence electrons. The Kier molecular flexibility index (Phi) is 4.73. The summed E-state index contributed by atoms with van der Waals surface area (Å²) in [7, 11) is 7.01. The minimum atomic E-state index is -0.341. The average Bonchev–Trinajstić information content (AvgIpc) is 2.40. The first-order valence-electron chi connectivity index (χ1n) is 5.88. The van der Waals surface area contributed by atoms with Crippen LogP contribution < -0.4 is 33.1 Å². The van der Waals surface area contributed by atoms with Crippen molar-refractivity contribution in [1.82, 2.24) is 9.13 Å². The number of rotatable bonds is 2. The number of nitrogens with zero attached hydrogens (tertiary/aromatic N) is 4. The van der Waals surface area contributed by atoms with Gasteiger partial charge in [0.25, 0.3) is 11.4 Å². The summed E-state index contributed by atoms with van der Waals surface area (Å²) in [5, 5.41) is 0. The van der Waals surface area contributed by atoms with Gasteiger partial charge < -0.3 is 17.3 Å². The summed E-state index contributed by atoms with van der Waals surface area (Å²) in [6.07, 6.45) is 3.65. The molecule has 2 heterocycles. The third-order valence-electron chi connectivity index (χ3n) is 3.09. The van der Waals surface area contributed by atoms with Crippen LogP contribution in [0.5, 0.6) is 0 Å². The molecule has 2 rings (SSSR count). The van der Waals surface area contributed by atoms with Gasteiger partial charge in [-0.25, -0.2) is 13.9 Å². The molecule has 0 radical (unpaired) electrons. The summed E-state index contributed by atoms with van der Waals surface area (Å²) in [6.45, 7) is 0. The van der Waals surface area contributed by atoms with Gasteiger partial charge in [-0.3, -0.25) is 4.79 Å². The molecule has 0 amide bonds. The Morgan fingerprint density at radius 1 is 1.05 bits per heavy atom. The van der Waals surface area contributed by atoms with Crippen molar-refractivity contribution < 1.29 is 17.0 Å². The van der Waals surface area contributed by atoms with Gasteiger partial charge >= 0.3 is 5.69 Å². The smallest absolute Gasteiger partial charge is 0.417 e. The molecule has 2 aromatic heterocycles. The first kappa shape index (κ1) is 16.0. The largest absolute Gasteiger partial charge is 1.00 e. The fourth-order valence-electron chi connectivity index (χ4n) is 1.84. The van der Waals surface area contributed by atoms with Gasteiger partial charge in [-0.2, -0.15) is 4.57 Å². The van der Waals surface area contributed by atoms with E-state index < -0.39 is 0 Å². The topological polar surface area (TPSA) is 51.1 Å². The highest BCUT2D eigenvalue weighted by atomic mass is 35.5. The van der Waals surface area contributed by atoms with Gasteiger partial charge in [-0.05, 0) is 0 Å². The maximum atomic E-state index is 11.9. The molecule has 2 aromatic rings. The molecule has 20 heavy (non-hydrogen) atoms. The second-order valence-corrected chi connectivity index (χ2v) is 4.60. The van der Waals surface area contributed by atoms with Gasteiger partial charge in [0.05, 0.1) is 25.5 Å². The summed E-state index contributed by atoms with van der Waals surface area (Å²) in [5.74, 6) is 0.540. The molecular weight excluding hydrogens is 280 g/mol. The van der Waals surface area contributed by atoms with Gasteiger partial charge in [0, 0.05) is 39.0 Å². The molecule has 0 saturated heterocycles. The van der Waals surface area contributed by atoms with Crippen molar-refractivity contribution in [3.05, 3.63) is 51.4 Å². The molecule has 0 N–H and O–H groups in total. The van der Waals surface area contributed by atoms with Crippen molar-refractivity contribution in [2.24, 2.45) is 14.1 Å². The van der Waals surface area contributed by atoms with E-state index >= 15 is 0 Å². The highest BCUT2D eigenvalue weighted by Crippen LogP contribution is 2.06. The number of anilines is 1. The van der Waals surface area contributed by atoms with E-state index in [9.17, 15) is 9.59 Å². The van der Waals surface area contributed by atoms with Gasteiger partial charge in [-0.1, -0.05) is 0 Å². The number of pyridine rings is 1. The minimum Gasteiger partial charge on any atom is -1.00 e. The van der Waals surface area contributed by atoms with Gasteiger partial charge in [-0.15, -0.1) is 0 Å². The molecule has 7 heteroatoms. The zero-order valence-corrected chi connectivity index (χ0v) is 12.6. The molecule has 0 atom stereocenters. The highest BCUT2D eigenvalue weighted by molar-refractivity contribution is 5.41. The summed E-state index contributed by atoms with van der Waals surface area (Å²) < 4.78 is 4.27. The SMILES string of the molecule is CN(C)c1cc[n+](-c2cc(=O)n(C)c(=O)n2C)cc1.[Cl-]. The maximum absolute atomic E-state index is 11.9. The molecule has 0 aliphatic heterocycles. The van der Waals surface area contributed by atoms with Gasteiger partial charge in [0.15, 0.2) is 0 Å². The third kappa shape index (κ3) is 2.75. The van der Waals surface area contributed by atoms with Crippen LogP contribution in [0, 0.1) is 0 Å². The Morgan fingerprint density at radius 2 is 1.60 bits per heavy atom. The van der Waals surface area contributed by atoms with Crippen LogP contribution in [-0.4, -0.2) is 23.2 Å². The van der Waals surface area contributed by atoms with Crippen molar-refractivity contribution in [2.45, 2.75) is 0 Å². The minimum absolute atomic E-state index is 0. The second kappa shape index (κ2) is 5.92. The lowest BCUT2D eigenvalue weighted by atomic mass is 10.3. The molecule has 0 spiro atoms. The van der Waals surface area contributed by atoms with E-state index in [2.05, 4.69) is 0 Å². The zero-order valence-electron chi connectivity index (χ0n) is 11.9. The van der Waals surface area contributed by atoms with E-state index in [1.807, 2.05) is 43.5 Å². The Morgan fingerprint density at radius 3 is 2.10 bits per heavy atom. The van der Waals surface area contributed by atoms with E-state index in [4.69, 9.17) is 0 Å². The Balaban J connectivity index is 0.00000200. The fourth-order valence-corrected chi connectivity index (χ4v) is 1.84. The van der Waals surface area contributed by atoms with Gasteiger partial charge in [0.1, 0.15) is 0 Å². The number of hydrogen-bond acceptors (Lipinski definition) is 3. The summed E-state index contributed by atoms with van der Waals surface area (Å²) in [5.41, 5.74) is 0.388. The van der Waals surface area contributed by atoms with Crippen LogP contribution in [-0.2, 0) is 14.1 Å². The molecule has 0 aromatic carbocycles. The Hall–Kier alpha value is -2.08. The van der Waals surface area contributed by atoms with E-state index in [0.29, 0.717) is 5.82 Å². The van der Waals surface area contributed by atoms with Crippen LogP contribution in [0.4, 0.5) is 5.69 Å². The molecular formula is C13H17ClN4O2. The van der Waals surface area contributed by atoms with Crippen LogP contribution in [0.1, 0.15) is 0 Å². The quantitative estimate of drug-likeness (QED) is 0.539. The molecule has 0 aliphatic carbocycles. The second-order valence-electron chi connectivity index (χ2n) is 4.60. The number of aromatic nitrogens is 3. The van der Waals surface area contributed by atoms with Crippen LogP contribution in [0.3, 0.4) is 0 Å². The van der Waals surface area contributed by atoms with Crippen molar-refractivity contribution in [1.29, 1.82) is 0 Å². The van der Waals surface area contributed by atoms with Crippen LogP contribution in [0.25, 0.3) is 5.82 Å². The standard InChI is InChI=1S/C13H17N4O2.ClH/c1-14(2)10-5-7-17(8-6-10)11-9-12(18)16(4)13(19)15(11)3;/h5-9H,1-4H3;1H/q+1;/p-1. The predicted molar refractivity (Wildman–Crippen MR) is 72.8 cm³/mol. The average molecular weight is 297 g/mol. The summed E-state index contributed by atoms with van der Waals surface area (Å²) in [6, 6.07) is 5.28. The predicted octanol–water partition coefficient (Wildman–Crippen LogP) is -3.57. The summed E-state index contributed by atoms with van der Waals surface area (Å²) in [4.78, 5) is 25.5. The highest BCUT2D eigenvalue weighted by Gasteiger charge is 2.15. The van der Waals surface area contributed by atoms with E-state index in [1.165, 1.54) is 17.7 Å². The third-order valence-corrected chi connectivity index (χ3v) is 3.09. The molecule has 0 bridgehead atoms. The van der Waals surface area contributed by atoms with E-state index in [-0.39, 0.29) is 23.7 Å². The maximum Gasteiger partial charge on any atom is 0.417 e. The van der Waals surface area contributed by atoms with E-state index in [1.54, 1.807) is 11.6 Å². The van der Waals surface area contributed by atoms with Crippen LogP contribution in [0.2, 0.25) is 0 Å². The lowest BCUT2D eigenvalue weighted by Gasteiger charge is -2.11.